The van der Waals surface area contributed by atoms with Gasteiger partial charge in [0.1, 0.15) is 0 Å². The summed E-state index contributed by atoms with van der Waals surface area (Å²) in [6.07, 6.45) is 2.30. The van der Waals surface area contributed by atoms with Gasteiger partial charge >= 0.3 is 0 Å². The van der Waals surface area contributed by atoms with Crippen molar-refractivity contribution in [3.8, 4) is 0 Å². The van der Waals surface area contributed by atoms with E-state index in [0.717, 1.165) is 12.8 Å². The maximum absolute atomic E-state index is 5.76. The Hall–Kier alpha value is -0.760. The van der Waals surface area contributed by atoms with Gasteiger partial charge in [0.05, 0.1) is 0 Å². The highest BCUT2D eigenvalue weighted by atomic mass is 15.0. The van der Waals surface area contributed by atoms with Crippen molar-refractivity contribution in [1.29, 1.82) is 0 Å². The number of nitrogens with two attached hydrogens (primary N) is 1. The van der Waals surface area contributed by atoms with Gasteiger partial charge < -0.3 is 10.3 Å². The van der Waals surface area contributed by atoms with E-state index >= 15 is 0 Å². The normalized spacial score (nSPS) is 28.6. The molecule has 0 atom stereocenters. The molecular formula is C10H16N2. The second-order valence-electron chi connectivity index (χ2n) is 3.87. The summed E-state index contributed by atoms with van der Waals surface area (Å²) < 4.78 is 2.41. The molecule has 0 spiro atoms. The molecule has 1 aromatic rings. The van der Waals surface area contributed by atoms with Gasteiger partial charge in [0.25, 0.3) is 0 Å². The highest BCUT2D eigenvalue weighted by Crippen LogP contribution is 2.33. The zero-order chi connectivity index (χ0) is 8.72. The minimum Gasteiger partial charge on any atom is -0.346 e. The Morgan fingerprint density at radius 2 is 1.75 bits per heavy atom. The predicted octanol–water partition coefficient (Wildman–Crippen LogP) is 1.77. The minimum atomic E-state index is 0.441. The lowest BCUT2D eigenvalue weighted by atomic mass is 9.87. The van der Waals surface area contributed by atoms with Crippen LogP contribution in [0, 0.1) is 13.8 Å². The largest absolute Gasteiger partial charge is 0.346 e. The highest BCUT2D eigenvalue weighted by Gasteiger charge is 2.28. The first-order chi connectivity index (χ1) is 5.68. The fourth-order valence-corrected chi connectivity index (χ4v) is 2.10. The Balaban J connectivity index is 2.22. The maximum Gasteiger partial charge on any atom is 0.0365 e. The van der Waals surface area contributed by atoms with Crippen LogP contribution < -0.4 is 5.73 Å². The molecule has 1 saturated carbocycles. The number of rotatable bonds is 1. The molecule has 0 radical (unpaired) electrons. The second kappa shape index (κ2) is 2.63. The lowest BCUT2D eigenvalue weighted by Crippen LogP contribution is -2.38. The average Bonchev–Trinajstić information content (AvgIpc) is 2.26. The molecule has 1 aliphatic carbocycles. The standard InChI is InChI=1S/C10H16N2/c1-7-3-4-8(2)12(7)10-5-9(11)6-10/h3-4,9-10H,5-6,11H2,1-2H3. The summed E-state index contributed by atoms with van der Waals surface area (Å²) in [6, 6.07) is 5.48. The number of hydrogen-bond donors (Lipinski definition) is 1. The molecule has 0 amide bonds. The maximum atomic E-state index is 5.76. The van der Waals surface area contributed by atoms with E-state index in [2.05, 4.69) is 30.5 Å². The van der Waals surface area contributed by atoms with Gasteiger partial charge in [-0.15, -0.1) is 0 Å². The fraction of sp³-hybridized carbons (Fsp3) is 0.600. The van der Waals surface area contributed by atoms with Crippen molar-refractivity contribution in [1.82, 2.24) is 4.57 Å². The second-order valence-corrected chi connectivity index (χ2v) is 3.87. The van der Waals surface area contributed by atoms with Gasteiger partial charge in [-0.3, -0.25) is 0 Å². The first-order valence-corrected chi connectivity index (χ1v) is 4.58. The van der Waals surface area contributed by atoms with E-state index in [9.17, 15) is 0 Å². The van der Waals surface area contributed by atoms with E-state index in [1.54, 1.807) is 0 Å². The molecule has 2 heteroatoms. The van der Waals surface area contributed by atoms with Crippen LogP contribution in [0.3, 0.4) is 0 Å². The van der Waals surface area contributed by atoms with E-state index in [1.807, 2.05) is 0 Å². The molecule has 0 bridgehead atoms. The topological polar surface area (TPSA) is 30.9 Å². The van der Waals surface area contributed by atoms with Crippen LogP contribution in [-0.4, -0.2) is 10.6 Å². The molecule has 2 rings (SSSR count). The first-order valence-electron chi connectivity index (χ1n) is 4.58. The van der Waals surface area contributed by atoms with Crippen LogP contribution in [-0.2, 0) is 0 Å². The Labute approximate surface area is 73.4 Å². The zero-order valence-corrected chi connectivity index (χ0v) is 7.75. The third-order valence-electron chi connectivity index (χ3n) is 2.84. The van der Waals surface area contributed by atoms with Crippen molar-refractivity contribution >= 4 is 0 Å². The summed E-state index contributed by atoms with van der Waals surface area (Å²) in [6.45, 7) is 4.33. The Bertz CT molecular complexity index is 263. The SMILES string of the molecule is Cc1ccc(C)n1C1CC(N)C1. The quantitative estimate of drug-likeness (QED) is 0.673. The van der Waals surface area contributed by atoms with Crippen molar-refractivity contribution < 1.29 is 0 Å². The summed E-state index contributed by atoms with van der Waals surface area (Å²) in [5.41, 5.74) is 8.49. The van der Waals surface area contributed by atoms with Crippen LogP contribution in [0.25, 0.3) is 0 Å². The van der Waals surface area contributed by atoms with E-state index in [1.165, 1.54) is 11.4 Å². The van der Waals surface area contributed by atoms with Gasteiger partial charge in [0.2, 0.25) is 0 Å². The molecular weight excluding hydrogens is 148 g/mol. The molecule has 2 nitrogen and oxygen atoms in total. The molecule has 2 N–H and O–H groups in total. The van der Waals surface area contributed by atoms with Crippen LogP contribution in [0.5, 0.6) is 0 Å². The zero-order valence-electron chi connectivity index (χ0n) is 7.75. The van der Waals surface area contributed by atoms with Crippen molar-refractivity contribution in [2.75, 3.05) is 0 Å². The van der Waals surface area contributed by atoms with Gasteiger partial charge in [-0.1, -0.05) is 0 Å². The Morgan fingerprint density at radius 3 is 2.17 bits per heavy atom. The van der Waals surface area contributed by atoms with Crippen molar-refractivity contribution in [3.63, 3.8) is 0 Å². The van der Waals surface area contributed by atoms with Gasteiger partial charge in [-0.2, -0.15) is 0 Å². The summed E-state index contributed by atoms with van der Waals surface area (Å²) in [7, 11) is 0. The van der Waals surface area contributed by atoms with Crippen LogP contribution in [0.15, 0.2) is 12.1 Å². The molecule has 12 heavy (non-hydrogen) atoms. The Kier molecular flexibility index (Phi) is 1.72. The van der Waals surface area contributed by atoms with Crippen molar-refractivity contribution in [2.24, 2.45) is 5.73 Å². The summed E-state index contributed by atoms with van der Waals surface area (Å²) in [5, 5.41) is 0. The molecule has 1 aromatic heterocycles. The predicted molar refractivity (Wildman–Crippen MR) is 50.2 cm³/mol. The van der Waals surface area contributed by atoms with Crippen molar-refractivity contribution in [2.45, 2.75) is 38.8 Å². The molecule has 0 aromatic carbocycles. The smallest absolute Gasteiger partial charge is 0.0365 e. The number of aromatic nitrogens is 1. The van der Waals surface area contributed by atoms with E-state index in [4.69, 9.17) is 5.73 Å². The lowest BCUT2D eigenvalue weighted by molar-refractivity contribution is 0.261. The van der Waals surface area contributed by atoms with Crippen LogP contribution >= 0.6 is 0 Å². The molecule has 0 unspecified atom stereocenters. The van der Waals surface area contributed by atoms with Crippen LogP contribution in [0.2, 0.25) is 0 Å². The number of nitrogens with zero attached hydrogens (tertiary/aromatic N) is 1. The van der Waals surface area contributed by atoms with Crippen LogP contribution in [0.1, 0.15) is 30.3 Å². The molecule has 1 heterocycles. The molecule has 1 aliphatic rings. The minimum absolute atomic E-state index is 0.441. The van der Waals surface area contributed by atoms with Crippen molar-refractivity contribution in [3.05, 3.63) is 23.5 Å². The number of hydrogen-bond acceptors (Lipinski definition) is 1. The third kappa shape index (κ3) is 1.07. The molecule has 66 valence electrons. The van der Waals surface area contributed by atoms with E-state index in [-0.39, 0.29) is 0 Å². The molecule has 0 aliphatic heterocycles. The monoisotopic (exact) mass is 164 g/mol. The van der Waals surface area contributed by atoms with Gasteiger partial charge in [0.15, 0.2) is 0 Å². The number of aryl methyl sites for hydroxylation is 2. The summed E-state index contributed by atoms with van der Waals surface area (Å²) in [4.78, 5) is 0. The lowest BCUT2D eigenvalue weighted by Gasteiger charge is -2.35. The first kappa shape index (κ1) is 7.87. The molecule has 0 saturated heterocycles. The van der Waals surface area contributed by atoms with Gasteiger partial charge in [0, 0.05) is 23.5 Å². The fourth-order valence-electron chi connectivity index (χ4n) is 2.10. The third-order valence-corrected chi connectivity index (χ3v) is 2.84. The average molecular weight is 164 g/mol. The molecule has 1 fully saturated rings. The summed E-state index contributed by atoms with van der Waals surface area (Å²) in [5.74, 6) is 0. The van der Waals surface area contributed by atoms with E-state index < -0.39 is 0 Å². The van der Waals surface area contributed by atoms with E-state index in [0.29, 0.717) is 12.1 Å². The van der Waals surface area contributed by atoms with Gasteiger partial charge in [-0.25, -0.2) is 0 Å². The van der Waals surface area contributed by atoms with Crippen LogP contribution in [0.4, 0.5) is 0 Å². The highest BCUT2D eigenvalue weighted by molar-refractivity contribution is 5.16. The Morgan fingerprint density at radius 1 is 1.25 bits per heavy atom. The van der Waals surface area contributed by atoms with Gasteiger partial charge in [-0.05, 0) is 38.8 Å². The summed E-state index contributed by atoms with van der Waals surface area (Å²) >= 11 is 0.